The van der Waals surface area contributed by atoms with Crippen molar-refractivity contribution in [1.29, 1.82) is 0 Å². The van der Waals surface area contributed by atoms with Crippen LogP contribution in [-0.4, -0.2) is 30.2 Å². The first-order valence-electron chi connectivity index (χ1n) is 9.51. The Kier molecular flexibility index (Phi) is 6.41. The van der Waals surface area contributed by atoms with E-state index in [2.05, 4.69) is 10.7 Å². The average molecular weight is 407 g/mol. The number of ether oxygens (including phenoxy) is 2. The van der Waals surface area contributed by atoms with Gasteiger partial charge in [-0.1, -0.05) is 6.07 Å². The second-order valence-electron chi connectivity index (χ2n) is 6.96. The molecule has 156 valence electrons. The maximum Gasteiger partial charge on any atom is 0.270 e. The second kappa shape index (κ2) is 9.17. The van der Waals surface area contributed by atoms with E-state index in [9.17, 15) is 9.59 Å². The van der Waals surface area contributed by atoms with Crippen LogP contribution in [0.15, 0.2) is 54.6 Å². The molecular weight excluding hydrogens is 382 g/mol. The number of anilines is 1. The summed E-state index contributed by atoms with van der Waals surface area (Å²) in [6, 6.07) is 16.0. The van der Waals surface area contributed by atoms with Crippen molar-refractivity contribution in [3.05, 3.63) is 77.1 Å². The van der Waals surface area contributed by atoms with E-state index in [0.717, 1.165) is 17.0 Å². The summed E-state index contributed by atoms with van der Waals surface area (Å²) >= 11 is 0. The number of hydrogen-bond acceptors (Lipinski definition) is 4. The van der Waals surface area contributed by atoms with Gasteiger partial charge in [0.2, 0.25) is 0 Å². The minimum absolute atomic E-state index is 0.162. The molecule has 0 aliphatic heterocycles. The van der Waals surface area contributed by atoms with Gasteiger partial charge in [0.1, 0.15) is 11.5 Å². The van der Waals surface area contributed by atoms with E-state index in [1.165, 1.54) is 0 Å². The first kappa shape index (κ1) is 21.0. The summed E-state index contributed by atoms with van der Waals surface area (Å²) in [7, 11) is 1.55. The summed E-state index contributed by atoms with van der Waals surface area (Å²) in [6.07, 6.45) is 0. The van der Waals surface area contributed by atoms with Crippen LogP contribution in [0.1, 0.15) is 27.3 Å². The highest BCUT2D eigenvalue weighted by atomic mass is 16.5. The van der Waals surface area contributed by atoms with Crippen LogP contribution in [0.5, 0.6) is 11.5 Å². The Bertz CT molecular complexity index is 1040. The highest BCUT2D eigenvalue weighted by Crippen LogP contribution is 2.25. The van der Waals surface area contributed by atoms with Crippen LogP contribution in [0.25, 0.3) is 0 Å². The monoisotopic (exact) mass is 407 g/mol. The van der Waals surface area contributed by atoms with Gasteiger partial charge in [0, 0.05) is 17.0 Å². The van der Waals surface area contributed by atoms with Crippen molar-refractivity contribution in [3.8, 4) is 11.5 Å². The Labute approximate surface area is 175 Å². The molecule has 0 spiro atoms. The third-order valence-electron chi connectivity index (χ3n) is 4.60. The standard InChI is InChI=1S/C23H25N3O4/c1-15-5-12-21(29-4)20(13-15)24-22(27)14-30-19-10-8-18(9-11-19)23(28)25-26-16(2)6-7-17(26)3/h5-13H,14H2,1-4H3,(H,24,27)(H,25,28). The predicted molar refractivity (Wildman–Crippen MR) is 116 cm³/mol. The topological polar surface area (TPSA) is 81.6 Å². The first-order valence-corrected chi connectivity index (χ1v) is 9.51. The maximum absolute atomic E-state index is 12.4. The fourth-order valence-corrected chi connectivity index (χ4v) is 2.97. The molecule has 0 aliphatic carbocycles. The summed E-state index contributed by atoms with van der Waals surface area (Å²) in [4.78, 5) is 24.7. The van der Waals surface area contributed by atoms with Crippen LogP contribution in [-0.2, 0) is 4.79 Å². The molecule has 0 saturated carbocycles. The van der Waals surface area contributed by atoms with E-state index >= 15 is 0 Å². The van der Waals surface area contributed by atoms with Crippen LogP contribution in [0.3, 0.4) is 0 Å². The lowest BCUT2D eigenvalue weighted by atomic mass is 10.2. The molecule has 0 atom stereocenters. The van der Waals surface area contributed by atoms with Gasteiger partial charge in [-0.05, 0) is 74.9 Å². The number of benzene rings is 2. The highest BCUT2D eigenvalue weighted by Gasteiger charge is 2.11. The highest BCUT2D eigenvalue weighted by molar-refractivity contribution is 6.00. The second-order valence-corrected chi connectivity index (χ2v) is 6.96. The van der Waals surface area contributed by atoms with Gasteiger partial charge < -0.3 is 14.8 Å². The quantitative estimate of drug-likeness (QED) is 0.624. The molecule has 2 amide bonds. The van der Waals surface area contributed by atoms with Crippen molar-refractivity contribution in [1.82, 2.24) is 4.68 Å². The molecule has 0 radical (unpaired) electrons. The lowest BCUT2D eigenvalue weighted by Gasteiger charge is -2.12. The summed E-state index contributed by atoms with van der Waals surface area (Å²) in [5.74, 6) is 0.538. The van der Waals surface area contributed by atoms with Crippen LogP contribution in [0, 0.1) is 20.8 Å². The SMILES string of the molecule is COc1ccc(C)cc1NC(=O)COc1ccc(C(=O)Nn2c(C)ccc2C)cc1. The molecule has 2 aromatic carbocycles. The van der Waals surface area contributed by atoms with Gasteiger partial charge >= 0.3 is 0 Å². The van der Waals surface area contributed by atoms with E-state index in [4.69, 9.17) is 9.47 Å². The maximum atomic E-state index is 12.4. The minimum atomic E-state index is -0.306. The lowest BCUT2D eigenvalue weighted by molar-refractivity contribution is -0.118. The number of hydrogen-bond donors (Lipinski definition) is 2. The largest absolute Gasteiger partial charge is 0.495 e. The minimum Gasteiger partial charge on any atom is -0.495 e. The number of aryl methyl sites for hydroxylation is 3. The van der Waals surface area contributed by atoms with E-state index in [-0.39, 0.29) is 18.4 Å². The van der Waals surface area contributed by atoms with Crippen LogP contribution in [0.4, 0.5) is 5.69 Å². The number of amides is 2. The van der Waals surface area contributed by atoms with E-state index < -0.39 is 0 Å². The van der Waals surface area contributed by atoms with Gasteiger partial charge in [0.15, 0.2) is 6.61 Å². The normalized spacial score (nSPS) is 10.4. The summed E-state index contributed by atoms with van der Waals surface area (Å²) in [6.45, 7) is 5.61. The lowest BCUT2D eigenvalue weighted by Crippen LogP contribution is -2.24. The van der Waals surface area contributed by atoms with Gasteiger partial charge in [-0.25, -0.2) is 0 Å². The number of rotatable bonds is 7. The number of nitrogens with one attached hydrogen (secondary N) is 2. The van der Waals surface area contributed by atoms with Crippen LogP contribution >= 0.6 is 0 Å². The van der Waals surface area contributed by atoms with E-state index in [0.29, 0.717) is 22.7 Å². The van der Waals surface area contributed by atoms with Crippen LogP contribution in [0.2, 0.25) is 0 Å². The van der Waals surface area contributed by atoms with Crippen molar-refractivity contribution >= 4 is 17.5 Å². The molecule has 7 nitrogen and oxygen atoms in total. The molecule has 0 saturated heterocycles. The summed E-state index contributed by atoms with van der Waals surface area (Å²) in [5.41, 5.74) is 6.82. The molecule has 0 aliphatic rings. The molecule has 3 rings (SSSR count). The fraction of sp³-hybridized carbons (Fsp3) is 0.217. The molecule has 0 unspecified atom stereocenters. The van der Waals surface area contributed by atoms with Gasteiger partial charge in [-0.3, -0.25) is 19.7 Å². The molecule has 0 fully saturated rings. The van der Waals surface area contributed by atoms with Gasteiger partial charge in [0.05, 0.1) is 12.8 Å². The number of carbonyl (C=O) groups is 2. The van der Waals surface area contributed by atoms with Crippen molar-refractivity contribution in [3.63, 3.8) is 0 Å². The van der Waals surface area contributed by atoms with Gasteiger partial charge in [-0.2, -0.15) is 0 Å². The van der Waals surface area contributed by atoms with E-state index in [1.54, 1.807) is 42.1 Å². The summed E-state index contributed by atoms with van der Waals surface area (Å²) in [5, 5.41) is 2.78. The van der Waals surface area contributed by atoms with E-state index in [1.807, 2.05) is 45.0 Å². The van der Waals surface area contributed by atoms with Crippen molar-refractivity contribution < 1.29 is 19.1 Å². The van der Waals surface area contributed by atoms with Gasteiger partial charge in [-0.15, -0.1) is 0 Å². The van der Waals surface area contributed by atoms with Crippen molar-refractivity contribution in [2.75, 3.05) is 24.5 Å². The molecule has 3 aromatic rings. The molecule has 1 aromatic heterocycles. The number of methoxy groups -OCH3 is 1. The molecular formula is C23H25N3O4. The third kappa shape index (κ3) is 5.00. The average Bonchev–Trinajstić information content (AvgIpc) is 3.05. The molecule has 1 heterocycles. The smallest absolute Gasteiger partial charge is 0.270 e. The molecule has 0 bridgehead atoms. The zero-order chi connectivity index (χ0) is 21.7. The zero-order valence-electron chi connectivity index (χ0n) is 17.5. The number of nitrogens with zero attached hydrogens (tertiary/aromatic N) is 1. The molecule has 7 heteroatoms. The Morgan fingerprint density at radius 1 is 0.933 bits per heavy atom. The summed E-state index contributed by atoms with van der Waals surface area (Å²) < 4.78 is 12.5. The fourth-order valence-electron chi connectivity index (χ4n) is 2.97. The number of aromatic nitrogens is 1. The zero-order valence-corrected chi connectivity index (χ0v) is 17.5. The first-order chi connectivity index (χ1) is 14.4. The van der Waals surface area contributed by atoms with Gasteiger partial charge in [0.25, 0.3) is 11.8 Å². The Hall–Kier alpha value is -3.74. The van der Waals surface area contributed by atoms with Crippen molar-refractivity contribution in [2.45, 2.75) is 20.8 Å². The Morgan fingerprint density at radius 2 is 1.60 bits per heavy atom. The Morgan fingerprint density at radius 3 is 2.23 bits per heavy atom. The molecule has 2 N–H and O–H groups in total. The Balaban J connectivity index is 1.56. The predicted octanol–water partition coefficient (Wildman–Crippen LogP) is 3.82. The van der Waals surface area contributed by atoms with Crippen molar-refractivity contribution in [2.24, 2.45) is 0 Å². The third-order valence-corrected chi connectivity index (χ3v) is 4.60. The molecule has 30 heavy (non-hydrogen) atoms. The number of carbonyl (C=O) groups excluding carboxylic acids is 2. The van der Waals surface area contributed by atoms with Crippen LogP contribution < -0.4 is 20.2 Å².